The van der Waals surface area contributed by atoms with Crippen LogP contribution in [-0.2, 0) is 0 Å². The number of hydrogen-bond acceptors (Lipinski definition) is 5. The maximum Gasteiger partial charge on any atom is 0.338 e. The molecule has 1 aliphatic rings. The third-order valence-corrected chi connectivity index (χ3v) is 2.27. The van der Waals surface area contributed by atoms with Crippen molar-refractivity contribution in [2.45, 2.75) is 37.5 Å². The molecule has 0 aromatic rings. The molecule has 0 radical (unpaired) electrons. The molecule has 0 aromatic heterocycles. The van der Waals surface area contributed by atoms with Gasteiger partial charge in [0.15, 0.2) is 0 Å². The predicted octanol–water partition coefficient (Wildman–Crippen LogP) is -0.759. The first-order chi connectivity index (χ1) is 6.65. The maximum absolute atomic E-state index is 10.9. The molecule has 1 aliphatic carbocycles. The second kappa shape index (κ2) is 4.87. The Labute approximate surface area is 80.4 Å². The number of urea groups is 1. The number of carbonyl (C=O) groups is 1. The maximum atomic E-state index is 10.9. The Morgan fingerprint density at radius 2 is 1.86 bits per heavy atom. The van der Waals surface area contributed by atoms with Gasteiger partial charge in [-0.15, -0.1) is 4.91 Å². The summed E-state index contributed by atoms with van der Waals surface area (Å²) in [6.07, 6.45) is 0.202. The van der Waals surface area contributed by atoms with Crippen LogP contribution in [0.25, 0.3) is 0 Å². The quantitative estimate of drug-likeness (QED) is 0.349. The highest BCUT2D eigenvalue weighted by atomic mass is 16.3. The van der Waals surface area contributed by atoms with Crippen LogP contribution in [0.2, 0.25) is 0 Å². The summed E-state index contributed by atoms with van der Waals surface area (Å²) in [5, 5.41) is 23.3. The van der Waals surface area contributed by atoms with Gasteiger partial charge in [-0.2, -0.15) is 5.43 Å². The number of nitrogens with one attached hydrogen (secondary N) is 2. The lowest BCUT2D eigenvalue weighted by molar-refractivity contribution is 0.00616. The summed E-state index contributed by atoms with van der Waals surface area (Å²) in [6, 6.07) is -1.55. The predicted molar refractivity (Wildman–Crippen MR) is 47.1 cm³/mol. The summed E-state index contributed by atoms with van der Waals surface area (Å²) in [5.41, 5.74) is 1.63. The van der Waals surface area contributed by atoms with Crippen molar-refractivity contribution >= 4 is 6.03 Å². The summed E-state index contributed by atoms with van der Waals surface area (Å²) in [4.78, 5) is 20.5. The highest BCUT2D eigenvalue weighted by Crippen LogP contribution is 2.18. The summed E-state index contributed by atoms with van der Waals surface area (Å²) in [6.45, 7) is 0. The molecule has 1 fully saturated rings. The molecular formula is C7H13N3O4. The van der Waals surface area contributed by atoms with E-state index in [0.717, 1.165) is 0 Å². The van der Waals surface area contributed by atoms with E-state index in [1.54, 1.807) is 5.43 Å². The molecule has 14 heavy (non-hydrogen) atoms. The van der Waals surface area contributed by atoms with Gasteiger partial charge in [-0.3, -0.25) is 0 Å². The average Bonchev–Trinajstić information content (AvgIpc) is 2.12. The zero-order valence-electron chi connectivity index (χ0n) is 7.51. The summed E-state index contributed by atoms with van der Waals surface area (Å²) >= 11 is 0. The molecule has 0 heterocycles. The molecule has 0 aliphatic heterocycles. The number of nitroso groups, excluding NO2 is 1. The molecule has 0 bridgehead atoms. The van der Waals surface area contributed by atoms with Crippen LogP contribution in [0.15, 0.2) is 5.29 Å². The van der Waals surface area contributed by atoms with Gasteiger partial charge in [0, 0.05) is 0 Å². The van der Waals surface area contributed by atoms with E-state index in [4.69, 9.17) is 0 Å². The molecule has 4 N–H and O–H groups in total. The molecule has 2 unspecified atom stereocenters. The van der Waals surface area contributed by atoms with Crippen molar-refractivity contribution in [3.63, 3.8) is 0 Å². The topological polar surface area (TPSA) is 111 Å². The second-order valence-electron chi connectivity index (χ2n) is 3.27. The van der Waals surface area contributed by atoms with Gasteiger partial charge in [0.1, 0.15) is 0 Å². The van der Waals surface area contributed by atoms with Crippen molar-refractivity contribution in [3.05, 3.63) is 4.91 Å². The van der Waals surface area contributed by atoms with E-state index in [2.05, 4.69) is 10.6 Å². The van der Waals surface area contributed by atoms with Gasteiger partial charge < -0.3 is 15.5 Å². The third-order valence-electron chi connectivity index (χ3n) is 2.27. The van der Waals surface area contributed by atoms with Crippen molar-refractivity contribution < 1.29 is 15.0 Å². The minimum atomic E-state index is -0.815. The molecule has 7 heteroatoms. The molecule has 7 nitrogen and oxygen atoms in total. The Bertz CT molecular complexity index is 213. The van der Waals surface area contributed by atoms with E-state index in [0.29, 0.717) is 19.3 Å². The summed E-state index contributed by atoms with van der Waals surface area (Å²) in [7, 11) is 0. The molecule has 80 valence electrons. The van der Waals surface area contributed by atoms with Crippen LogP contribution in [0.5, 0.6) is 0 Å². The van der Waals surface area contributed by atoms with Crippen LogP contribution in [0.4, 0.5) is 4.79 Å². The summed E-state index contributed by atoms with van der Waals surface area (Å²) < 4.78 is 0. The van der Waals surface area contributed by atoms with Crippen LogP contribution < -0.4 is 10.7 Å². The van der Waals surface area contributed by atoms with Crippen LogP contribution in [0, 0.1) is 4.91 Å². The van der Waals surface area contributed by atoms with Crippen molar-refractivity contribution in [1.82, 2.24) is 10.7 Å². The van der Waals surface area contributed by atoms with Gasteiger partial charge in [0.25, 0.3) is 0 Å². The molecular weight excluding hydrogens is 190 g/mol. The van der Waals surface area contributed by atoms with Crippen molar-refractivity contribution in [2.75, 3.05) is 0 Å². The smallest absolute Gasteiger partial charge is 0.338 e. The molecule has 1 rings (SSSR count). The summed E-state index contributed by atoms with van der Waals surface area (Å²) in [5.74, 6) is 0. The fraction of sp³-hybridized carbons (Fsp3) is 0.857. The standard InChI is InChI=1S/C7H13N3O4/c11-4-2-1-3-5(12)6(4)8-7(13)9-10-14/h4-6,11-12H,1-3H2,(H2,8,9,13,14). The van der Waals surface area contributed by atoms with E-state index >= 15 is 0 Å². The van der Waals surface area contributed by atoms with E-state index in [9.17, 15) is 19.9 Å². The molecule has 1 saturated carbocycles. The van der Waals surface area contributed by atoms with Gasteiger partial charge in [-0.25, -0.2) is 4.79 Å². The first-order valence-corrected chi connectivity index (χ1v) is 4.40. The largest absolute Gasteiger partial charge is 0.391 e. The van der Waals surface area contributed by atoms with Crippen LogP contribution in [-0.4, -0.2) is 34.5 Å². The number of rotatable bonds is 2. The normalized spacial score (nSPS) is 32.0. The highest BCUT2D eigenvalue weighted by molar-refractivity contribution is 5.73. The van der Waals surface area contributed by atoms with Crippen LogP contribution >= 0.6 is 0 Å². The Morgan fingerprint density at radius 1 is 1.29 bits per heavy atom. The van der Waals surface area contributed by atoms with Gasteiger partial charge in [-0.1, -0.05) is 0 Å². The Morgan fingerprint density at radius 3 is 2.36 bits per heavy atom. The Hall–Kier alpha value is -1.21. The Balaban J connectivity index is 2.47. The highest BCUT2D eigenvalue weighted by Gasteiger charge is 2.31. The van der Waals surface area contributed by atoms with Crippen LogP contribution in [0.1, 0.15) is 19.3 Å². The number of carbonyl (C=O) groups excluding carboxylic acids is 1. The molecule has 0 aromatic carbocycles. The molecule has 2 atom stereocenters. The lowest BCUT2D eigenvalue weighted by atomic mass is 9.90. The third kappa shape index (κ3) is 2.64. The number of amides is 2. The fourth-order valence-electron chi connectivity index (χ4n) is 1.57. The first kappa shape index (κ1) is 10.9. The lowest BCUT2D eigenvalue weighted by Gasteiger charge is -2.32. The number of hydrogen-bond donors (Lipinski definition) is 4. The average molecular weight is 203 g/mol. The lowest BCUT2D eigenvalue weighted by Crippen LogP contribution is -2.54. The van der Waals surface area contributed by atoms with Crippen molar-refractivity contribution in [2.24, 2.45) is 5.29 Å². The SMILES string of the molecule is O=NNC(=O)NC1C(O)CCCC1O. The fourth-order valence-corrected chi connectivity index (χ4v) is 1.57. The van der Waals surface area contributed by atoms with Gasteiger partial charge in [0.2, 0.25) is 0 Å². The van der Waals surface area contributed by atoms with E-state index in [1.807, 2.05) is 0 Å². The first-order valence-electron chi connectivity index (χ1n) is 4.40. The minimum Gasteiger partial charge on any atom is -0.391 e. The Kier molecular flexibility index (Phi) is 3.78. The number of nitrogens with zero attached hydrogens (tertiary/aromatic N) is 1. The molecule has 0 saturated heterocycles. The van der Waals surface area contributed by atoms with Gasteiger partial charge >= 0.3 is 6.03 Å². The van der Waals surface area contributed by atoms with Gasteiger partial charge in [0.05, 0.1) is 23.5 Å². The van der Waals surface area contributed by atoms with Crippen LogP contribution in [0.3, 0.4) is 0 Å². The van der Waals surface area contributed by atoms with Crippen molar-refractivity contribution in [3.8, 4) is 0 Å². The zero-order valence-corrected chi connectivity index (χ0v) is 7.51. The minimum absolute atomic E-state index is 0.524. The van der Waals surface area contributed by atoms with Gasteiger partial charge in [-0.05, 0) is 19.3 Å². The monoisotopic (exact) mass is 203 g/mol. The second-order valence-corrected chi connectivity index (χ2v) is 3.27. The van der Waals surface area contributed by atoms with E-state index in [-0.39, 0.29) is 0 Å². The molecule has 2 amide bonds. The molecule has 0 spiro atoms. The van der Waals surface area contributed by atoms with E-state index in [1.165, 1.54) is 0 Å². The number of aliphatic hydroxyl groups is 2. The zero-order chi connectivity index (χ0) is 10.6. The number of aliphatic hydroxyl groups excluding tert-OH is 2. The van der Waals surface area contributed by atoms with E-state index < -0.39 is 24.3 Å². The van der Waals surface area contributed by atoms with Crippen molar-refractivity contribution in [1.29, 1.82) is 0 Å².